The second-order valence-electron chi connectivity index (χ2n) is 5.18. The SMILES string of the molecule is CC(N[C@@H](C)C(=O)O)c1ccc2c(c1)CCCC2. The number of aryl methyl sites for hydroxylation is 2. The number of aliphatic carboxylic acids is 1. The molecule has 1 aliphatic carbocycles. The Hall–Kier alpha value is -1.35. The molecule has 0 radical (unpaired) electrons. The molecule has 1 unspecified atom stereocenters. The first-order chi connectivity index (χ1) is 8.58. The molecule has 1 aromatic carbocycles. The number of hydrogen-bond acceptors (Lipinski definition) is 2. The van der Waals surface area contributed by atoms with E-state index in [1.165, 1.54) is 36.0 Å². The number of carboxylic acid groups (broad SMARTS) is 1. The molecule has 0 bridgehead atoms. The predicted octanol–water partition coefficient (Wildman–Crippen LogP) is 2.69. The molecule has 1 aliphatic rings. The Kier molecular flexibility index (Phi) is 4.02. The van der Waals surface area contributed by atoms with Crippen LogP contribution in [-0.4, -0.2) is 17.1 Å². The number of nitrogens with one attached hydrogen (secondary N) is 1. The molecule has 3 nitrogen and oxygen atoms in total. The number of fused-ring (bicyclic) bond motifs is 1. The van der Waals surface area contributed by atoms with Gasteiger partial charge < -0.3 is 5.11 Å². The van der Waals surface area contributed by atoms with Crippen molar-refractivity contribution in [2.45, 2.75) is 51.6 Å². The summed E-state index contributed by atoms with van der Waals surface area (Å²) in [6.07, 6.45) is 4.90. The van der Waals surface area contributed by atoms with E-state index in [0.29, 0.717) is 0 Å². The van der Waals surface area contributed by atoms with Gasteiger partial charge in [-0.25, -0.2) is 0 Å². The van der Waals surface area contributed by atoms with Crippen LogP contribution in [-0.2, 0) is 17.6 Å². The molecule has 2 N–H and O–H groups in total. The average molecular weight is 247 g/mol. The zero-order chi connectivity index (χ0) is 13.1. The minimum absolute atomic E-state index is 0.0725. The normalized spacial score (nSPS) is 17.9. The number of carbonyl (C=O) groups is 1. The minimum Gasteiger partial charge on any atom is -0.480 e. The zero-order valence-electron chi connectivity index (χ0n) is 11.1. The van der Waals surface area contributed by atoms with E-state index in [1.54, 1.807) is 6.92 Å². The second kappa shape index (κ2) is 5.53. The van der Waals surface area contributed by atoms with Gasteiger partial charge in [-0.15, -0.1) is 0 Å². The van der Waals surface area contributed by atoms with E-state index < -0.39 is 12.0 Å². The third-order valence-corrected chi connectivity index (χ3v) is 3.74. The topological polar surface area (TPSA) is 49.3 Å². The van der Waals surface area contributed by atoms with Crippen molar-refractivity contribution in [2.24, 2.45) is 0 Å². The highest BCUT2D eigenvalue weighted by atomic mass is 16.4. The molecule has 0 amide bonds. The fourth-order valence-corrected chi connectivity index (χ4v) is 2.57. The standard InChI is InChI=1S/C15H21NO2/c1-10(16-11(2)15(17)18)13-8-7-12-5-3-4-6-14(12)9-13/h7-11,16H,3-6H2,1-2H3,(H,17,18)/t10?,11-/m0/s1. The summed E-state index contributed by atoms with van der Waals surface area (Å²) in [5.41, 5.74) is 4.09. The van der Waals surface area contributed by atoms with Crippen molar-refractivity contribution in [3.8, 4) is 0 Å². The molecule has 3 heteroatoms. The lowest BCUT2D eigenvalue weighted by molar-refractivity contribution is -0.139. The Balaban J connectivity index is 2.11. The molecule has 2 rings (SSSR count). The molecule has 0 fully saturated rings. The largest absolute Gasteiger partial charge is 0.480 e. The molecule has 98 valence electrons. The average Bonchev–Trinajstić information content (AvgIpc) is 2.37. The van der Waals surface area contributed by atoms with E-state index >= 15 is 0 Å². The number of carboxylic acids is 1. The fraction of sp³-hybridized carbons (Fsp3) is 0.533. The van der Waals surface area contributed by atoms with Gasteiger partial charge in [-0.1, -0.05) is 18.2 Å². The zero-order valence-corrected chi connectivity index (χ0v) is 11.1. The summed E-state index contributed by atoms with van der Waals surface area (Å²) in [7, 11) is 0. The van der Waals surface area contributed by atoms with Gasteiger partial charge in [0.1, 0.15) is 6.04 Å². The Morgan fingerprint density at radius 1 is 1.22 bits per heavy atom. The number of benzene rings is 1. The third-order valence-electron chi connectivity index (χ3n) is 3.74. The maximum atomic E-state index is 10.8. The van der Waals surface area contributed by atoms with Crippen LogP contribution < -0.4 is 5.32 Å². The summed E-state index contributed by atoms with van der Waals surface area (Å²) >= 11 is 0. The summed E-state index contributed by atoms with van der Waals surface area (Å²) in [5, 5.41) is 12.0. The maximum absolute atomic E-state index is 10.8. The van der Waals surface area contributed by atoms with Crippen LogP contribution >= 0.6 is 0 Å². The van der Waals surface area contributed by atoms with Crippen molar-refractivity contribution in [3.05, 3.63) is 34.9 Å². The molecule has 0 heterocycles. The predicted molar refractivity (Wildman–Crippen MR) is 71.7 cm³/mol. The molecule has 2 atom stereocenters. The fourth-order valence-electron chi connectivity index (χ4n) is 2.57. The van der Waals surface area contributed by atoms with Crippen LogP contribution in [0.1, 0.15) is 49.4 Å². The van der Waals surface area contributed by atoms with Crippen LogP contribution in [0.5, 0.6) is 0 Å². The Morgan fingerprint density at radius 2 is 1.89 bits per heavy atom. The highest BCUT2D eigenvalue weighted by Crippen LogP contribution is 2.24. The van der Waals surface area contributed by atoms with E-state index in [4.69, 9.17) is 5.11 Å². The van der Waals surface area contributed by atoms with Gasteiger partial charge in [0.15, 0.2) is 0 Å². The van der Waals surface area contributed by atoms with E-state index in [-0.39, 0.29) is 6.04 Å². The molecule has 18 heavy (non-hydrogen) atoms. The van der Waals surface area contributed by atoms with E-state index in [2.05, 4.69) is 23.5 Å². The maximum Gasteiger partial charge on any atom is 0.320 e. The van der Waals surface area contributed by atoms with Crippen molar-refractivity contribution in [1.29, 1.82) is 0 Å². The van der Waals surface area contributed by atoms with E-state index in [0.717, 1.165) is 6.42 Å². The van der Waals surface area contributed by atoms with Crippen LogP contribution in [0.25, 0.3) is 0 Å². The van der Waals surface area contributed by atoms with Crippen molar-refractivity contribution in [2.75, 3.05) is 0 Å². The Bertz CT molecular complexity index is 442. The first-order valence-electron chi connectivity index (χ1n) is 6.68. The van der Waals surface area contributed by atoms with Gasteiger partial charge in [-0.05, 0) is 56.2 Å². The van der Waals surface area contributed by atoms with E-state index in [9.17, 15) is 4.79 Å². The molecule has 0 aliphatic heterocycles. The molecular weight excluding hydrogens is 226 g/mol. The van der Waals surface area contributed by atoms with Gasteiger partial charge in [-0.2, -0.15) is 0 Å². The van der Waals surface area contributed by atoms with Crippen LogP contribution in [0, 0.1) is 0 Å². The van der Waals surface area contributed by atoms with Gasteiger partial charge in [-0.3, -0.25) is 10.1 Å². The summed E-state index contributed by atoms with van der Waals surface area (Å²) in [6.45, 7) is 3.70. The van der Waals surface area contributed by atoms with Gasteiger partial charge in [0.25, 0.3) is 0 Å². The molecular formula is C15H21NO2. The monoisotopic (exact) mass is 247 g/mol. The molecule has 0 saturated carbocycles. The Labute approximate surface area is 108 Å². The molecule has 1 aromatic rings. The summed E-state index contributed by atoms with van der Waals surface area (Å²) < 4.78 is 0. The van der Waals surface area contributed by atoms with E-state index in [1.807, 2.05) is 6.92 Å². The molecule has 0 saturated heterocycles. The molecule has 0 aromatic heterocycles. The molecule has 0 spiro atoms. The lowest BCUT2D eigenvalue weighted by Crippen LogP contribution is -2.35. The van der Waals surface area contributed by atoms with Gasteiger partial charge >= 0.3 is 5.97 Å². The summed E-state index contributed by atoms with van der Waals surface area (Å²) in [5.74, 6) is -0.806. The number of rotatable bonds is 4. The highest BCUT2D eigenvalue weighted by molar-refractivity contribution is 5.72. The second-order valence-corrected chi connectivity index (χ2v) is 5.18. The quantitative estimate of drug-likeness (QED) is 0.860. The number of hydrogen-bond donors (Lipinski definition) is 2. The van der Waals surface area contributed by atoms with Crippen molar-refractivity contribution < 1.29 is 9.90 Å². The lowest BCUT2D eigenvalue weighted by Gasteiger charge is -2.21. The van der Waals surface area contributed by atoms with Crippen molar-refractivity contribution >= 4 is 5.97 Å². The van der Waals surface area contributed by atoms with Gasteiger partial charge in [0.05, 0.1) is 0 Å². The van der Waals surface area contributed by atoms with Crippen LogP contribution in [0.4, 0.5) is 0 Å². The smallest absolute Gasteiger partial charge is 0.320 e. The first kappa shape index (κ1) is 13.1. The van der Waals surface area contributed by atoms with Crippen molar-refractivity contribution in [3.63, 3.8) is 0 Å². The van der Waals surface area contributed by atoms with Gasteiger partial charge in [0.2, 0.25) is 0 Å². The minimum atomic E-state index is -0.806. The lowest BCUT2D eigenvalue weighted by atomic mass is 9.89. The van der Waals surface area contributed by atoms with Crippen LogP contribution in [0.2, 0.25) is 0 Å². The highest BCUT2D eigenvalue weighted by Gasteiger charge is 2.16. The third kappa shape index (κ3) is 2.91. The van der Waals surface area contributed by atoms with Crippen LogP contribution in [0.3, 0.4) is 0 Å². The van der Waals surface area contributed by atoms with Crippen LogP contribution in [0.15, 0.2) is 18.2 Å². The van der Waals surface area contributed by atoms with Gasteiger partial charge in [0, 0.05) is 6.04 Å². The first-order valence-corrected chi connectivity index (χ1v) is 6.68. The summed E-state index contributed by atoms with van der Waals surface area (Å²) in [4.78, 5) is 10.8. The Morgan fingerprint density at radius 3 is 2.56 bits per heavy atom. The van der Waals surface area contributed by atoms with Crippen molar-refractivity contribution in [1.82, 2.24) is 5.32 Å². The summed E-state index contributed by atoms with van der Waals surface area (Å²) in [6, 6.07) is 6.12.